The van der Waals surface area contributed by atoms with Crippen molar-refractivity contribution in [2.75, 3.05) is 0 Å². The predicted octanol–water partition coefficient (Wildman–Crippen LogP) is 3.37. The van der Waals surface area contributed by atoms with Crippen molar-refractivity contribution in [2.45, 2.75) is 63.5 Å². The summed E-state index contributed by atoms with van der Waals surface area (Å²) in [5.41, 5.74) is 5.65. The van der Waals surface area contributed by atoms with Gasteiger partial charge in [0.05, 0.1) is 11.6 Å². The zero-order chi connectivity index (χ0) is 13.7. The third kappa shape index (κ3) is 3.57. The first kappa shape index (κ1) is 14.5. The molecule has 3 N–H and O–H groups in total. The van der Waals surface area contributed by atoms with E-state index in [-0.39, 0.29) is 11.9 Å². The molecule has 0 radical (unpaired) electrons. The van der Waals surface area contributed by atoms with Crippen LogP contribution in [0.4, 0.5) is 0 Å². The van der Waals surface area contributed by atoms with Crippen LogP contribution in [-0.2, 0) is 4.79 Å². The van der Waals surface area contributed by atoms with Gasteiger partial charge in [0.2, 0.25) is 5.91 Å². The Balaban J connectivity index is 2.02. The summed E-state index contributed by atoms with van der Waals surface area (Å²) < 4.78 is 0. The van der Waals surface area contributed by atoms with Gasteiger partial charge >= 0.3 is 0 Å². The molecular formula is C15H24N2OS. The highest BCUT2D eigenvalue weighted by molar-refractivity contribution is 7.10. The molecule has 1 amide bonds. The lowest BCUT2D eigenvalue weighted by Crippen LogP contribution is -2.55. The van der Waals surface area contributed by atoms with Gasteiger partial charge in [0.15, 0.2) is 0 Å². The molecule has 0 bridgehead atoms. The highest BCUT2D eigenvalue weighted by atomic mass is 32.1. The first-order valence-corrected chi connectivity index (χ1v) is 8.17. The van der Waals surface area contributed by atoms with E-state index in [1.807, 2.05) is 6.07 Å². The van der Waals surface area contributed by atoms with Gasteiger partial charge in [-0.1, -0.05) is 38.7 Å². The van der Waals surface area contributed by atoms with Crippen LogP contribution in [0.5, 0.6) is 0 Å². The van der Waals surface area contributed by atoms with Gasteiger partial charge in [-0.15, -0.1) is 11.3 Å². The lowest BCUT2D eigenvalue weighted by molar-refractivity contribution is -0.128. The quantitative estimate of drug-likeness (QED) is 0.869. The lowest BCUT2D eigenvalue weighted by Gasteiger charge is -2.33. The summed E-state index contributed by atoms with van der Waals surface area (Å²) in [6, 6.07) is 4.25. The minimum Gasteiger partial charge on any atom is -0.347 e. The van der Waals surface area contributed by atoms with Gasteiger partial charge in [0.25, 0.3) is 0 Å². The zero-order valence-electron chi connectivity index (χ0n) is 11.7. The third-order valence-electron chi connectivity index (χ3n) is 3.97. The predicted molar refractivity (Wildman–Crippen MR) is 80.1 cm³/mol. The number of carbonyl (C=O) groups excluding carboxylic acids is 1. The summed E-state index contributed by atoms with van der Waals surface area (Å²) >= 11 is 1.70. The molecule has 0 saturated heterocycles. The minimum atomic E-state index is -0.637. The largest absolute Gasteiger partial charge is 0.347 e. The van der Waals surface area contributed by atoms with Crippen LogP contribution in [-0.4, -0.2) is 11.4 Å². The first-order valence-electron chi connectivity index (χ1n) is 7.29. The van der Waals surface area contributed by atoms with Crippen molar-refractivity contribution in [3.05, 3.63) is 22.4 Å². The Morgan fingerprint density at radius 1 is 1.47 bits per heavy atom. The molecule has 0 aromatic carbocycles. The van der Waals surface area contributed by atoms with Gasteiger partial charge in [0, 0.05) is 4.88 Å². The Morgan fingerprint density at radius 2 is 2.21 bits per heavy atom. The van der Waals surface area contributed by atoms with E-state index in [4.69, 9.17) is 5.73 Å². The molecule has 106 valence electrons. The van der Waals surface area contributed by atoms with Crippen LogP contribution in [0.25, 0.3) is 0 Å². The van der Waals surface area contributed by atoms with Gasteiger partial charge in [0.1, 0.15) is 0 Å². The maximum atomic E-state index is 12.5. The van der Waals surface area contributed by atoms with Gasteiger partial charge in [-0.3, -0.25) is 4.79 Å². The highest BCUT2D eigenvalue weighted by Crippen LogP contribution is 2.29. The first-order chi connectivity index (χ1) is 9.15. The van der Waals surface area contributed by atoms with E-state index in [2.05, 4.69) is 23.7 Å². The van der Waals surface area contributed by atoms with E-state index >= 15 is 0 Å². The highest BCUT2D eigenvalue weighted by Gasteiger charge is 2.36. The number of amides is 1. The molecule has 1 aromatic rings. The molecular weight excluding hydrogens is 256 g/mol. The second kappa shape index (κ2) is 6.53. The summed E-state index contributed by atoms with van der Waals surface area (Å²) in [4.78, 5) is 13.7. The van der Waals surface area contributed by atoms with Crippen LogP contribution in [0.15, 0.2) is 17.5 Å². The molecule has 1 aliphatic carbocycles. The Hall–Kier alpha value is -0.870. The fourth-order valence-corrected chi connectivity index (χ4v) is 3.59. The second-order valence-electron chi connectivity index (χ2n) is 5.55. The average Bonchev–Trinajstić information content (AvgIpc) is 2.93. The van der Waals surface area contributed by atoms with Crippen molar-refractivity contribution in [2.24, 2.45) is 5.73 Å². The molecule has 0 spiro atoms. The molecule has 0 aliphatic heterocycles. The van der Waals surface area contributed by atoms with Crippen LogP contribution in [0.2, 0.25) is 0 Å². The molecule has 1 heterocycles. The molecule has 1 fully saturated rings. The standard InChI is InChI=1S/C15H24N2OS/c1-2-7-12(13-8-6-11-19-13)17-14(18)15(16)9-4-3-5-10-15/h6,8,11-12H,2-5,7,9-10,16H2,1H3,(H,17,18). The van der Waals surface area contributed by atoms with Crippen LogP contribution in [0.1, 0.15) is 62.8 Å². The Kier molecular flexibility index (Phi) is 4.99. The third-order valence-corrected chi connectivity index (χ3v) is 4.95. The number of hydrogen-bond acceptors (Lipinski definition) is 3. The SMILES string of the molecule is CCCC(NC(=O)C1(N)CCCCC1)c1cccs1. The topological polar surface area (TPSA) is 55.1 Å². The lowest BCUT2D eigenvalue weighted by atomic mass is 9.81. The van der Waals surface area contributed by atoms with E-state index in [9.17, 15) is 4.79 Å². The molecule has 4 heteroatoms. The Bertz CT molecular complexity index is 396. The Morgan fingerprint density at radius 3 is 2.79 bits per heavy atom. The maximum absolute atomic E-state index is 12.5. The van der Waals surface area contributed by atoms with Gasteiger partial charge in [-0.05, 0) is 30.7 Å². The fourth-order valence-electron chi connectivity index (χ4n) is 2.78. The Labute approximate surface area is 119 Å². The molecule has 1 unspecified atom stereocenters. The summed E-state index contributed by atoms with van der Waals surface area (Å²) in [6.07, 6.45) is 7.02. The van der Waals surface area contributed by atoms with E-state index in [0.29, 0.717) is 0 Å². The summed E-state index contributed by atoms with van der Waals surface area (Å²) in [7, 11) is 0. The van der Waals surface area contributed by atoms with Crippen LogP contribution in [0, 0.1) is 0 Å². The zero-order valence-corrected chi connectivity index (χ0v) is 12.5. The van der Waals surface area contributed by atoms with E-state index in [1.54, 1.807) is 11.3 Å². The smallest absolute Gasteiger partial charge is 0.240 e. The number of carbonyl (C=O) groups is 1. The van der Waals surface area contributed by atoms with Crippen LogP contribution in [0.3, 0.4) is 0 Å². The summed E-state index contributed by atoms with van der Waals surface area (Å²) in [5, 5.41) is 5.24. The normalized spacial score (nSPS) is 19.9. The van der Waals surface area contributed by atoms with Crippen molar-refractivity contribution in [1.82, 2.24) is 5.32 Å². The molecule has 1 aliphatic rings. The van der Waals surface area contributed by atoms with E-state index in [0.717, 1.165) is 38.5 Å². The summed E-state index contributed by atoms with van der Waals surface area (Å²) in [6.45, 7) is 2.14. The van der Waals surface area contributed by atoms with Crippen molar-refractivity contribution < 1.29 is 4.79 Å². The number of nitrogens with two attached hydrogens (primary N) is 1. The molecule has 1 aromatic heterocycles. The van der Waals surface area contributed by atoms with Crippen molar-refractivity contribution >= 4 is 17.2 Å². The second-order valence-corrected chi connectivity index (χ2v) is 6.53. The maximum Gasteiger partial charge on any atom is 0.240 e. The molecule has 2 rings (SSSR count). The number of thiophene rings is 1. The van der Waals surface area contributed by atoms with E-state index < -0.39 is 5.54 Å². The molecule has 1 atom stereocenters. The van der Waals surface area contributed by atoms with Crippen molar-refractivity contribution in [3.63, 3.8) is 0 Å². The number of hydrogen-bond donors (Lipinski definition) is 2. The number of rotatable bonds is 5. The minimum absolute atomic E-state index is 0.0408. The monoisotopic (exact) mass is 280 g/mol. The fraction of sp³-hybridized carbons (Fsp3) is 0.667. The summed E-state index contributed by atoms with van der Waals surface area (Å²) in [5.74, 6) is 0.0408. The van der Waals surface area contributed by atoms with Crippen molar-refractivity contribution in [3.8, 4) is 0 Å². The number of nitrogens with one attached hydrogen (secondary N) is 1. The average molecular weight is 280 g/mol. The van der Waals surface area contributed by atoms with Crippen molar-refractivity contribution in [1.29, 1.82) is 0 Å². The van der Waals surface area contributed by atoms with E-state index in [1.165, 1.54) is 11.3 Å². The van der Waals surface area contributed by atoms with Gasteiger partial charge in [-0.25, -0.2) is 0 Å². The van der Waals surface area contributed by atoms with Crippen LogP contribution >= 0.6 is 11.3 Å². The molecule has 19 heavy (non-hydrogen) atoms. The van der Waals surface area contributed by atoms with Gasteiger partial charge in [-0.2, -0.15) is 0 Å². The van der Waals surface area contributed by atoms with Crippen LogP contribution < -0.4 is 11.1 Å². The molecule has 1 saturated carbocycles. The molecule has 3 nitrogen and oxygen atoms in total. The van der Waals surface area contributed by atoms with Gasteiger partial charge < -0.3 is 11.1 Å².